The van der Waals surface area contributed by atoms with Gasteiger partial charge in [0.2, 0.25) is 10.0 Å². The van der Waals surface area contributed by atoms with Gasteiger partial charge in [-0.2, -0.15) is 5.10 Å². The van der Waals surface area contributed by atoms with Crippen LogP contribution in [0.15, 0.2) is 40.3 Å². The Morgan fingerprint density at radius 2 is 2.12 bits per heavy atom. The van der Waals surface area contributed by atoms with Crippen LogP contribution in [0.5, 0.6) is 0 Å². The van der Waals surface area contributed by atoms with Crippen LogP contribution >= 0.6 is 0 Å². The molecule has 1 fully saturated rings. The summed E-state index contributed by atoms with van der Waals surface area (Å²) in [4.78, 5) is 16.6. The van der Waals surface area contributed by atoms with Crippen molar-refractivity contribution >= 4 is 21.1 Å². The van der Waals surface area contributed by atoms with Crippen LogP contribution in [0.25, 0.3) is 11.0 Å². The van der Waals surface area contributed by atoms with Crippen molar-refractivity contribution in [3.63, 3.8) is 0 Å². The smallest absolute Gasteiger partial charge is 0.323 e. The summed E-state index contributed by atoms with van der Waals surface area (Å²) in [5.74, 6) is 0. The van der Waals surface area contributed by atoms with Gasteiger partial charge in [0.25, 0.3) is 0 Å². The first kappa shape index (κ1) is 16.1. The summed E-state index contributed by atoms with van der Waals surface area (Å²) in [5, 5.41) is 4.11. The second-order valence-electron chi connectivity index (χ2n) is 6.04. The molecule has 1 aromatic carbocycles. The molecule has 25 heavy (non-hydrogen) atoms. The number of aromatic nitrogens is 4. The van der Waals surface area contributed by atoms with E-state index in [1.54, 1.807) is 24.0 Å². The SMILES string of the molecule is Cn1cc([C@H]2OCC[C@@H]2NS(=O)(=O)c2ccc3[nH]c(=O)[nH]c3c2)cn1. The fourth-order valence-electron chi connectivity index (χ4n) is 3.07. The number of ether oxygens (including phenoxy) is 1. The quantitative estimate of drug-likeness (QED) is 0.619. The summed E-state index contributed by atoms with van der Waals surface area (Å²) in [6.07, 6.45) is 3.68. The van der Waals surface area contributed by atoms with Gasteiger partial charge in [-0.3, -0.25) is 4.68 Å². The first-order valence-corrected chi connectivity index (χ1v) is 9.25. The molecule has 9 nitrogen and oxygen atoms in total. The highest BCUT2D eigenvalue weighted by molar-refractivity contribution is 7.89. The van der Waals surface area contributed by atoms with E-state index in [4.69, 9.17) is 4.74 Å². The molecule has 0 spiro atoms. The topological polar surface area (TPSA) is 122 Å². The van der Waals surface area contributed by atoms with Crippen LogP contribution in [0.2, 0.25) is 0 Å². The number of hydrogen-bond acceptors (Lipinski definition) is 5. The third-order valence-electron chi connectivity index (χ3n) is 4.25. The van der Waals surface area contributed by atoms with Gasteiger partial charge in [-0.15, -0.1) is 0 Å². The molecular formula is C15H17N5O4S. The molecule has 4 rings (SSSR count). The number of aromatic amines is 2. The lowest BCUT2D eigenvalue weighted by Crippen LogP contribution is -2.36. The van der Waals surface area contributed by atoms with Crippen molar-refractivity contribution < 1.29 is 13.2 Å². The van der Waals surface area contributed by atoms with Gasteiger partial charge in [-0.1, -0.05) is 0 Å². The number of rotatable bonds is 4. The lowest BCUT2D eigenvalue weighted by molar-refractivity contribution is 0.102. The highest BCUT2D eigenvalue weighted by atomic mass is 32.2. The van der Waals surface area contributed by atoms with Gasteiger partial charge in [-0.25, -0.2) is 17.9 Å². The summed E-state index contributed by atoms with van der Waals surface area (Å²) >= 11 is 0. The van der Waals surface area contributed by atoms with Crippen molar-refractivity contribution in [2.75, 3.05) is 6.61 Å². The maximum atomic E-state index is 12.7. The third-order valence-corrected chi connectivity index (χ3v) is 5.74. The Kier molecular flexibility index (Phi) is 3.74. The highest BCUT2D eigenvalue weighted by Gasteiger charge is 2.34. The molecule has 1 aliphatic heterocycles. The summed E-state index contributed by atoms with van der Waals surface area (Å²) in [6.45, 7) is 0.469. The second kappa shape index (κ2) is 5.83. The monoisotopic (exact) mass is 363 g/mol. The third kappa shape index (κ3) is 2.99. The van der Waals surface area contributed by atoms with Crippen molar-refractivity contribution in [2.45, 2.75) is 23.5 Å². The van der Waals surface area contributed by atoms with Crippen molar-refractivity contribution in [1.29, 1.82) is 0 Å². The molecule has 132 valence electrons. The second-order valence-corrected chi connectivity index (χ2v) is 7.76. The van der Waals surface area contributed by atoms with Crippen LogP contribution < -0.4 is 10.4 Å². The Hall–Kier alpha value is -2.43. The van der Waals surface area contributed by atoms with E-state index < -0.39 is 10.0 Å². The maximum Gasteiger partial charge on any atom is 0.323 e. The number of benzene rings is 1. The van der Waals surface area contributed by atoms with E-state index in [2.05, 4.69) is 19.8 Å². The average Bonchev–Trinajstić information content (AvgIpc) is 3.24. The number of fused-ring (bicyclic) bond motifs is 1. The van der Waals surface area contributed by atoms with Crippen molar-refractivity contribution in [2.24, 2.45) is 7.05 Å². The average molecular weight is 363 g/mol. The summed E-state index contributed by atoms with van der Waals surface area (Å²) in [6, 6.07) is 4.08. The molecule has 0 unspecified atom stereocenters. The van der Waals surface area contributed by atoms with E-state index >= 15 is 0 Å². The molecule has 10 heteroatoms. The Morgan fingerprint density at radius 3 is 2.88 bits per heavy atom. The molecule has 0 saturated carbocycles. The van der Waals surface area contributed by atoms with Gasteiger partial charge in [0.15, 0.2) is 0 Å². The lowest BCUT2D eigenvalue weighted by atomic mass is 10.1. The molecule has 3 heterocycles. The number of H-pyrrole nitrogens is 2. The van der Waals surface area contributed by atoms with Crippen LogP contribution in [0, 0.1) is 0 Å². The van der Waals surface area contributed by atoms with Crippen LogP contribution in [0.4, 0.5) is 0 Å². The molecule has 0 aliphatic carbocycles. The van der Waals surface area contributed by atoms with E-state index in [9.17, 15) is 13.2 Å². The largest absolute Gasteiger partial charge is 0.372 e. The minimum absolute atomic E-state index is 0.0899. The van der Waals surface area contributed by atoms with Gasteiger partial charge < -0.3 is 14.7 Å². The summed E-state index contributed by atoms with van der Waals surface area (Å²) in [7, 11) is -1.96. The Bertz CT molecular complexity index is 1080. The number of sulfonamides is 1. The predicted molar refractivity (Wildman–Crippen MR) is 89.5 cm³/mol. The van der Waals surface area contributed by atoms with Crippen LogP contribution in [0.1, 0.15) is 18.1 Å². The molecular weight excluding hydrogens is 346 g/mol. The summed E-state index contributed by atoms with van der Waals surface area (Å²) < 4.78 is 35.5. The van der Waals surface area contributed by atoms with E-state index in [0.29, 0.717) is 24.1 Å². The molecule has 3 N–H and O–H groups in total. The van der Waals surface area contributed by atoms with Crippen LogP contribution in [0.3, 0.4) is 0 Å². The molecule has 1 saturated heterocycles. The lowest BCUT2D eigenvalue weighted by Gasteiger charge is -2.18. The number of imidazole rings is 1. The Balaban J connectivity index is 1.62. The van der Waals surface area contributed by atoms with Gasteiger partial charge in [0.1, 0.15) is 6.10 Å². The van der Waals surface area contributed by atoms with Crippen molar-refractivity contribution in [3.8, 4) is 0 Å². The van der Waals surface area contributed by atoms with Crippen molar-refractivity contribution in [3.05, 3.63) is 46.6 Å². The zero-order valence-electron chi connectivity index (χ0n) is 13.4. The molecule has 0 amide bonds. The fourth-order valence-corrected chi connectivity index (χ4v) is 4.37. The minimum atomic E-state index is -3.75. The number of aryl methyl sites for hydroxylation is 1. The maximum absolute atomic E-state index is 12.7. The zero-order chi connectivity index (χ0) is 17.6. The summed E-state index contributed by atoms with van der Waals surface area (Å²) in [5.41, 5.74) is 1.46. The molecule has 2 aromatic heterocycles. The highest BCUT2D eigenvalue weighted by Crippen LogP contribution is 2.30. The fraction of sp³-hybridized carbons (Fsp3) is 0.333. The van der Waals surface area contributed by atoms with E-state index in [1.165, 1.54) is 12.1 Å². The molecule has 0 radical (unpaired) electrons. The van der Waals surface area contributed by atoms with Crippen LogP contribution in [-0.2, 0) is 21.8 Å². The number of nitrogens with zero attached hydrogens (tertiary/aromatic N) is 2. The Labute approximate surface area is 143 Å². The van der Waals surface area contributed by atoms with Gasteiger partial charge in [-0.05, 0) is 24.6 Å². The minimum Gasteiger partial charge on any atom is -0.372 e. The zero-order valence-corrected chi connectivity index (χ0v) is 14.2. The predicted octanol–water partition coefficient (Wildman–Crippen LogP) is 0.398. The van der Waals surface area contributed by atoms with E-state index in [-0.39, 0.29) is 22.7 Å². The van der Waals surface area contributed by atoms with Crippen molar-refractivity contribution in [1.82, 2.24) is 24.5 Å². The molecule has 3 aromatic rings. The van der Waals surface area contributed by atoms with Gasteiger partial charge in [0.05, 0.1) is 28.2 Å². The van der Waals surface area contributed by atoms with Crippen LogP contribution in [-0.4, -0.2) is 40.8 Å². The Morgan fingerprint density at radius 1 is 1.32 bits per heavy atom. The molecule has 2 atom stereocenters. The first-order chi connectivity index (χ1) is 11.9. The normalized spacial score (nSPS) is 21.2. The standard InChI is InChI=1S/C15H17N5O4S/c1-20-8-9(7-16-20)14-12(4-5-24-14)19-25(22,23)10-2-3-11-13(6-10)18-15(21)17-11/h2-3,6-8,12,14,19H,4-5H2,1H3,(H2,17,18,21)/t12-,14+/m0/s1. The van der Waals surface area contributed by atoms with Gasteiger partial charge >= 0.3 is 5.69 Å². The first-order valence-electron chi connectivity index (χ1n) is 7.77. The molecule has 0 bridgehead atoms. The number of hydrogen-bond donors (Lipinski definition) is 3. The van der Waals surface area contributed by atoms with E-state index in [0.717, 1.165) is 5.56 Å². The van der Waals surface area contributed by atoms with E-state index in [1.807, 2.05) is 6.20 Å². The number of nitrogens with one attached hydrogen (secondary N) is 3. The molecule has 1 aliphatic rings. The van der Waals surface area contributed by atoms with Gasteiger partial charge in [0, 0.05) is 25.4 Å².